The molecule has 3 N–H and O–H groups in total. The van der Waals surface area contributed by atoms with Crippen molar-refractivity contribution in [2.24, 2.45) is 5.92 Å². The van der Waals surface area contributed by atoms with Crippen LogP contribution in [0.15, 0.2) is 24.3 Å². The number of aromatic nitrogens is 1. The van der Waals surface area contributed by atoms with Crippen LogP contribution in [0.2, 0.25) is 5.02 Å². The second-order valence-corrected chi connectivity index (χ2v) is 9.06. The van der Waals surface area contributed by atoms with Crippen LogP contribution in [0.5, 0.6) is 0 Å². The fourth-order valence-corrected chi connectivity index (χ4v) is 4.90. The zero-order valence-electron chi connectivity index (χ0n) is 16.7. The molecule has 6 nitrogen and oxygen atoms in total. The van der Waals surface area contributed by atoms with Crippen LogP contribution in [-0.2, 0) is 0 Å². The second-order valence-electron chi connectivity index (χ2n) is 8.66. The predicted molar refractivity (Wildman–Crippen MR) is 115 cm³/mol. The number of halogens is 1. The van der Waals surface area contributed by atoms with Crippen LogP contribution in [0.25, 0.3) is 10.9 Å². The molecule has 2 fully saturated rings. The first-order valence-electron chi connectivity index (χ1n) is 10.4. The van der Waals surface area contributed by atoms with E-state index in [2.05, 4.69) is 17.2 Å². The summed E-state index contributed by atoms with van der Waals surface area (Å²) in [6.07, 6.45) is 3.90. The third kappa shape index (κ3) is 4.34. The van der Waals surface area contributed by atoms with Crippen LogP contribution < -0.4 is 10.2 Å². The van der Waals surface area contributed by atoms with Crippen LogP contribution in [0.1, 0.15) is 49.4 Å². The third-order valence-corrected chi connectivity index (χ3v) is 6.48. The number of aliphatic hydroxyl groups is 2. The number of rotatable bonds is 4. The Kier molecular flexibility index (Phi) is 5.69. The molecule has 2 aliphatic rings. The van der Waals surface area contributed by atoms with E-state index < -0.39 is 5.60 Å². The van der Waals surface area contributed by atoms with E-state index in [0.29, 0.717) is 46.8 Å². The normalized spacial score (nSPS) is 27.4. The lowest BCUT2D eigenvalue weighted by molar-refractivity contribution is -0.0109. The Morgan fingerprint density at radius 3 is 2.90 bits per heavy atom. The number of carbonyl (C=O) groups is 1. The van der Waals surface area contributed by atoms with Gasteiger partial charge in [-0.1, -0.05) is 31.4 Å². The number of nitrogens with one attached hydrogen (secondary N) is 1. The Balaban J connectivity index is 1.56. The van der Waals surface area contributed by atoms with Crippen LogP contribution >= 0.6 is 11.6 Å². The first kappa shape index (κ1) is 20.4. The van der Waals surface area contributed by atoms with Gasteiger partial charge < -0.3 is 20.4 Å². The average molecular weight is 418 g/mol. The van der Waals surface area contributed by atoms with Crippen molar-refractivity contribution in [2.75, 3.05) is 24.5 Å². The lowest BCUT2D eigenvalue weighted by Gasteiger charge is -2.35. The van der Waals surface area contributed by atoms with Gasteiger partial charge in [-0.15, -0.1) is 0 Å². The number of carbonyl (C=O) groups excluding carboxylic acids is 1. The molecule has 0 bridgehead atoms. The molecule has 156 valence electrons. The molecule has 4 rings (SSSR count). The van der Waals surface area contributed by atoms with Gasteiger partial charge in [-0.3, -0.25) is 4.79 Å². The summed E-state index contributed by atoms with van der Waals surface area (Å²) in [5.74, 6) is 0.949. The Morgan fingerprint density at radius 2 is 2.17 bits per heavy atom. The van der Waals surface area contributed by atoms with Crippen molar-refractivity contribution >= 4 is 34.2 Å². The maximum Gasteiger partial charge on any atom is 0.253 e. The smallest absolute Gasteiger partial charge is 0.253 e. The fourth-order valence-electron chi connectivity index (χ4n) is 4.65. The minimum atomic E-state index is -0.855. The van der Waals surface area contributed by atoms with Crippen LogP contribution in [-0.4, -0.2) is 52.4 Å². The van der Waals surface area contributed by atoms with E-state index >= 15 is 0 Å². The van der Waals surface area contributed by atoms with Gasteiger partial charge in [0, 0.05) is 25.0 Å². The molecule has 1 saturated carbocycles. The Hall–Kier alpha value is -1.89. The molecule has 1 aliphatic carbocycles. The SMILES string of the molecule is C[C@H]1CCC[C@@](O)(CNC(=O)c2c(Cl)ccc3nc(N4CC[C@@H](O)C4)ccc23)C1. The lowest BCUT2D eigenvalue weighted by Crippen LogP contribution is -2.45. The number of hydrogen-bond acceptors (Lipinski definition) is 5. The van der Waals surface area contributed by atoms with Gasteiger partial charge in [0.2, 0.25) is 0 Å². The summed E-state index contributed by atoms with van der Waals surface area (Å²) in [6.45, 7) is 3.68. The first-order valence-corrected chi connectivity index (χ1v) is 10.8. The maximum absolute atomic E-state index is 13.0. The zero-order chi connectivity index (χ0) is 20.6. The quantitative estimate of drug-likeness (QED) is 0.711. The molecule has 1 aliphatic heterocycles. The Morgan fingerprint density at radius 1 is 1.34 bits per heavy atom. The van der Waals surface area contributed by atoms with Gasteiger partial charge in [0.05, 0.1) is 27.8 Å². The molecule has 2 aromatic rings. The molecule has 0 spiro atoms. The van der Waals surface area contributed by atoms with Crippen molar-refractivity contribution in [3.05, 3.63) is 34.9 Å². The number of aliphatic hydroxyl groups excluding tert-OH is 1. The fraction of sp³-hybridized carbons (Fsp3) is 0.545. The molecule has 2 heterocycles. The highest BCUT2D eigenvalue weighted by Crippen LogP contribution is 2.32. The topological polar surface area (TPSA) is 85.7 Å². The van der Waals surface area contributed by atoms with Crippen molar-refractivity contribution in [3.63, 3.8) is 0 Å². The molecule has 1 saturated heterocycles. The number of amides is 1. The van der Waals surface area contributed by atoms with Gasteiger partial charge in [-0.05, 0) is 49.4 Å². The average Bonchev–Trinajstić information content (AvgIpc) is 3.12. The van der Waals surface area contributed by atoms with Crippen molar-refractivity contribution < 1.29 is 15.0 Å². The number of nitrogens with zero attached hydrogens (tertiary/aromatic N) is 2. The lowest BCUT2D eigenvalue weighted by atomic mass is 9.79. The highest BCUT2D eigenvalue weighted by Gasteiger charge is 2.33. The van der Waals surface area contributed by atoms with E-state index in [0.717, 1.165) is 31.6 Å². The summed E-state index contributed by atoms with van der Waals surface area (Å²) in [6, 6.07) is 7.22. The summed E-state index contributed by atoms with van der Waals surface area (Å²) in [7, 11) is 0. The minimum Gasteiger partial charge on any atom is -0.391 e. The van der Waals surface area contributed by atoms with Crippen molar-refractivity contribution in [2.45, 2.75) is 50.7 Å². The zero-order valence-corrected chi connectivity index (χ0v) is 17.5. The molecule has 0 unspecified atom stereocenters. The highest BCUT2D eigenvalue weighted by atomic mass is 35.5. The number of fused-ring (bicyclic) bond motifs is 1. The molecular weight excluding hydrogens is 390 g/mol. The van der Waals surface area contributed by atoms with Crippen molar-refractivity contribution in [3.8, 4) is 0 Å². The summed E-state index contributed by atoms with van der Waals surface area (Å²) >= 11 is 6.37. The number of anilines is 1. The van der Waals surface area contributed by atoms with E-state index in [1.165, 1.54) is 0 Å². The van der Waals surface area contributed by atoms with E-state index in [4.69, 9.17) is 11.6 Å². The van der Waals surface area contributed by atoms with Gasteiger partial charge >= 0.3 is 0 Å². The van der Waals surface area contributed by atoms with Crippen molar-refractivity contribution in [1.82, 2.24) is 10.3 Å². The molecule has 1 amide bonds. The number of hydrogen-bond donors (Lipinski definition) is 3. The molecule has 29 heavy (non-hydrogen) atoms. The van der Waals surface area contributed by atoms with E-state index in [-0.39, 0.29) is 18.6 Å². The number of benzene rings is 1. The maximum atomic E-state index is 13.0. The monoisotopic (exact) mass is 417 g/mol. The van der Waals surface area contributed by atoms with Gasteiger partial charge in [-0.2, -0.15) is 0 Å². The summed E-state index contributed by atoms with van der Waals surface area (Å²) < 4.78 is 0. The molecule has 0 radical (unpaired) electrons. The van der Waals surface area contributed by atoms with E-state index in [1.807, 2.05) is 17.0 Å². The highest BCUT2D eigenvalue weighted by molar-refractivity contribution is 6.35. The largest absolute Gasteiger partial charge is 0.391 e. The summed E-state index contributed by atoms with van der Waals surface area (Å²) in [4.78, 5) is 19.7. The van der Waals surface area contributed by atoms with Gasteiger partial charge in [0.25, 0.3) is 5.91 Å². The number of β-amino-alcohol motifs (C(OH)–C–C–N with tert-alkyl or cyclic N) is 1. The molecule has 1 aromatic heterocycles. The molecular formula is C22H28ClN3O3. The molecule has 1 aromatic carbocycles. The van der Waals surface area contributed by atoms with E-state index in [9.17, 15) is 15.0 Å². The van der Waals surface area contributed by atoms with Crippen molar-refractivity contribution in [1.29, 1.82) is 0 Å². The summed E-state index contributed by atoms with van der Waals surface area (Å²) in [5, 5.41) is 24.5. The third-order valence-electron chi connectivity index (χ3n) is 6.17. The van der Waals surface area contributed by atoms with Gasteiger partial charge in [0.1, 0.15) is 5.82 Å². The molecule has 7 heteroatoms. The van der Waals surface area contributed by atoms with Crippen LogP contribution in [0, 0.1) is 5.92 Å². The summed E-state index contributed by atoms with van der Waals surface area (Å²) in [5.41, 5.74) is 0.215. The van der Waals surface area contributed by atoms with Crippen LogP contribution in [0.3, 0.4) is 0 Å². The Labute approximate surface area is 175 Å². The molecule has 3 atom stereocenters. The van der Waals surface area contributed by atoms with Gasteiger partial charge in [0.15, 0.2) is 0 Å². The Bertz CT molecular complexity index is 922. The van der Waals surface area contributed by atoms with Gasteiger partial charge in [-0.25, -0.2) is 4.98 Å². The first-order chi connectivity index (χ1) is 13.8. The van der Waals surface area contributed by atoms with Crippen LogP contribution in [0.4, 0.5) is 5.82 Å². The second kappa shape index (κ2) is 8.09. The van der Waals surface area contributed by atoms with E-state index in [1.54, 1.807) is 12.1 Å². The standard InChI is InChI=1S/C22H28ClN3O3/c1-14-3-2-9-22(29,11-14)13-24-21(28)20-16-4-7-19(26-10-8-15(27)12-26)25-18(16)6-5-17(20)23/h4-7,14-15,27,29H,2-3,8-13H2,1H3,(H,24,28)/t14-,15+,22-/m0/s1. The number of pyridine rings is 1. The minimum absolute atomic E-state index is 0.222. The predicted octanol–water partition coefficient (Wildman–Crippen LogP) is 3.13.